The lowest BCUT2D eigenvalue weighted by atomic mass is 9.90. The minimum atomic E-state index is 0.462. The Labute approximate surface area is 350 Å². The van der Waals surface area contributed by atoms with Crippen molar-refractivity contribution in [1.82, 2.24) is 4.57 Å². The first kappa shape index (κ1) is 36.7. The molecule has 3 heteroatoms. The zero-order valence-electron chi connectivity index (χ0n) is 33.8. The second-order valence-corrected chi connectivity index (χ2v) is 15.3. The number of aromatic nitrogens is 1. The Balaban J connectivity index is 1.28. The largest absolute Gasteiger partial charge is 0.488 e. The van der Waals surface area contributed by atoms with Crippen LogP contribution in [0.25, 0.3) is 94.8 Å². The highest BCUT2D eigenvalue weighted by Crippen LogP contribution is 2.45. The van der Waals surface area contributed by atoms with Gasteiger partial charge in [-0.25, -0.2) is 0 Å². The quantitative estimate of drug-likeness (QED) is 0.161. The highest BCUT2D eigenvalue weighted by Gasteiger charge is 2.23. The maximum absolute atomic E-state index is 6.59. The molecule has 60 heavy (non-hydrogen) atoms. The predicted molar refractivity (Wildman–Crippen MR) is 256 cm³/mol. The van der Waals surface area contributed by atoms with Crippen molar-refractivity contribution in [2.24, 2.45) is 0 Å². The van der Waals surface area contributed by atoms with Gasteiger partial charge in [-0.3, -0.25) is 0 Å². The van der Waals surface area contributed by atoms with E-state index in [2.05, 4.69) is 159 Å². The summed E-state index contributed by atoms with van der Waals surface area (Å²) in [4.78, 5) is 0. The summed E-state index contributed by atoms with van der Waals surface area (Å²) in [6, 6.07) is 47.8. The van der Waals surface area contributed by atoms with Crippen LogP contribution in [0.2, 0.25) is 0 Å². The lowest BCUT2D eigenvalue weighted by molar-refractivity contribution is 0.363. The molecule has 1 aliphatic heterocycles. The van der Waals surface area contributed by atoms with Gasteiger partial charge in [-0.2, -0.15) is 0 Å². The molecule has 0 fully saturated rings. The van der Waals surface area contributed by atoms with Crippen LogP contribution in [0.3, 0.4) is 0 Å². The summed E-state index contributed by atoms with van der Waals surface area (Å²) in [5.41, 5.74) is 15.8. The van der Waals surface area contributed by atoms with Crippen molar-refractivity contribution in [3.8, 4) is 33.7 Å². The van der Waals surface area contributed by atoms with Gasteiger partial charge in [-0.15, -0.1) is 0 Å². The van der Waals surface area contributed by atoms with Gasteiger partial charge in [0.25, 0.3) is 0 Å². The number of hydrogen-bond donors (Lipinski definition) is 0. The number of rotatable bonds is 7. The van der Waals surface area contributed by atoms with E-state index in [9.17, 15) is 0 Å². The summed E-state index contributed by atoms with van der Waals surface area (Å²) >= 11 is 0. The maximum atomic E-state index is 6.59. The van der Waals surface area contributed by atoms with Crippen LogP contribution < -0.4 is 4.74 Å². The molecule has 0 radical (unpaired) electrons. The number of para-hydroxylation sites is 2. The number of furan rings is 1. The Kier molecular flexibility index (Phi) is 9.15. The molecule has 0 saturated carbocycles. The van der Waals surface area contributed by atoms with Gasteiger partial charge in [0, 0.05) is 43.8 Å². The van der Waals surface area contributed by atoms with Gasteiger partial charge in [0.2, 0.25) is 0 Å². The second-order valence-electron chi connectivity index (χ2n) is 15.3. The normalized spacial score (nSPS) is 14.1. The van der Waals surface area contributed by atoms with Gasteiger partial charge in [0.1, 0.15) is 23.7 Å². The molecule has 0 amide bonds. The minimum absolute atomic E-state index is 0.462. The fourth-order valence-corrected chi connectivity index (χ4v) is 9.10. The van der Waals surface area contributed by atoms with Gasteiger partial charge in [0.15, 0.2) is 0 Å². The summed E-state index contributed by atoms with van der Waals surface area (Å²) < 4.78 is 15.5. The first-order valence-corrected chi connectivity index (χ1v) is 20.4. The SMILES string of the molecule is C=Cc1c(/C(=C\C)c2ccc3c(c2)c2cc(-c4cccc5c4OC/C=C\C=C/C5=C)ccc2n3-c2cc(-c3ccccc3C)c(C=C)c3ccccc23)oc2ccccc12. The van der Waals surface area contributed by atoms with Crippen molar-refractivity contribution in [1.29, 1.82) is 0 Å². The molecule has 1 aliphatic rings. The molecule has 0 bridgehead atoms. The first-order valence-electron chi connectivity index (χ1n) is 20.4. The standard InChI is InChI=1S/C57H43NO2/c1-6-40(57-42(8-3)48-24-15-16-27-55(48)60-57)38-28-30-52-50(33-38)51-34-39(45-26-18-25-44-37(5)19-10-9-17-32-59-56(44)45)29-31-53(51)58(52)54-35-49(43-21-12-11-20-36(43)4)41(7-2)46-22-13-14-23-47(46)54/h6-31,33-35H,2-3,5,32H2,1,4H3/b17-9-,19-10-,40-6-. The van der Waals surface area contributed by atoms with E-state index < -0.39 is 0 Å². The third-order valence-corrected chi connectivity index (χ3v) is 11.9. The number of benzene rings is 7. The monoisotopic (exact) mass is 773 g/mol. The maximum Gasteiger partial charge on any atom is 0.142 e. The number of fused-ring (bicyclic) bond motifs is 6. The van der Waals surface area contributed by atoms with E-state index in [1.54, 1.807) is 0 Å². The van der Waals surface area contributed by atoms with E-state index >= 15 is 0 Å². The van der Waals surface area contributed by atoms with Gasteiger partial charge >= 0.3 is 0 Å². The minimum Gasteiger partial charge on any atom is -0.488 e. The fourth-order valence-electron chi connectivity index (χ4n) is 9.10. The molecule has 0 atom stereocenters. The van der Waals surface area contributed by atoms with Crippen LogP contribution in [0.1, 0.15) is 40.5 Å². The van der Waals surface area contributed by atoms with Gasteiger partial charge in [-0.05, 0) is 101 Å². The number of nitrogens with zero attached hydrogens (tertiary/aromatic N) is 1. The Hall–Kier alpha value is -7.62. The number of ether oxygens (including phenoxy) is 1. The van der Waals surface area contributed by atoms with Crippen molar-refractivity contribution in [3.05, 3.63) is 217 Å². The van der Waals surface area contributed by atoms with Gasteiger partial charge in [0.05, 0.1) is 16.7 Å². The average Bonchev–Trinajstić information content (AvgIpc) is 3.84. The lowest BCUT2D eigenvalue weighted by Crippen LogP contribution is -2.00. The lowest BCUT2D eigenvalue weighted by Gasteiger charge is -2.19. The van der Waals surface area contributed by atoms with Crippen molar-refractivity contribution in [2.45, 2.75) is 13.8 Å². The Morgan fingerprint density at radius 1 is 0.633 bits per heavy atom. The van der Waals surface area contributed by atoms with Crippen molar-refractivity contribution in [2.75, 3.05) is 6.61 Å². The molecular weight excluding hydrogens is 731 g/mol. The molecule has 3 nitrogen and oxygen atoms in total. The van der Waals surface area contributed by atoms with E-state index in [0.717, 1.165) is 111 Å². The van der Waals surface area contributed by atoms with E-state index in [1.807, 2.05) is 54.7 Å². The molecule has 0 unspecified atom stereocenters. The van der Waals surface area contributed by atoms with Crippen LogP contribution in [-0.2, 0) is 0 Å². The molecule has 10 rings (SSSR count). The zero-order valence-corrected chi connectivity index (χ0v) is 33.8. The van der Waals surface area contributed by atoms with Crippen LogP contribution >= 0.6 is 0 Å². The van der Waals surface area contributed by atoms with Crippen molar-refractivity contribution >= 4 is 66.8 Å². The Morgan fingerprint density at radius 3 is 2.13 bits per heavy atom. The molecular formula is C57H43NO2. The third-order valence-electron chi connectivity index (χ3n) is 11.9. The highest BCUT2D eigenvalue weighted by atomic mass is 16.5. The topological polar surface area (TPSA) is 27.3 Å². The first-order chi connectivity index (χ1) is 29.5. The second kappa shape index (κ2) is 15.0. The average molecular weight is 774 g/mol. The van der Waals surface area contributed by atoms with Crippen molar-refractivity contribution < 1.29 is 9.15 Å². The summed E-state index contributed by atoms with van der Waals surface area (Å²) in [5.74, 6) is 1.64. The molecule has 0 saturated heterocycles. The van der Waals surface area contributed by atoms with E-state index in [1.165, 1.54) is 11.1 Å². The van der Waals surface area contributed by atoms with Gasteiger partial charge < -0.3 is 13.7 Å². The summed E-state index contributed by atoms with van der Waals surface area (Å²) in [6.45, 7) is 17.6. The van der Waals surface area contributed by atoms with E-state index in [-0.39, 0.29) is 0 Å². The van der Waals surface area contributed by atoms with Crippen LogP contribution in [0, 0.1) is 6.92 Å². The summed E-state index contributed by atoms with van der Waals surface area (Å²) in [5, 5.41) is 5.61. The Morgan fingerprint density at radius 2 is 1.33 bits per heavy atom. The molecule has 7 aromatic carbocycles. The predicted octanol–water partition coefficient (Wildman–Crippen LogP) is 15.6. The number of hydrogen-bond acceptors (Lipinski definition) is 2. The van der Waals surface area contributed by atoms with E-state index in [0.29, 0.717) is 6.61 Å². The molecule has 0 spiro atoms. The zero-order chi connectivity index (χ0) is 40.9. The molecule has 9 aromatic rings. The molecule has 0 N–H and O–H groups in total. The van der Waals surface area contributed by atoms with Gasteiger partial charge in [-0.1, -0.05) is 153 Å². The Bertz CT molecular complexity index is 3340. The summed E-state index contributed by atoms with van der Waals surface area (Å²) in [7, 11) is 0. The van der Waals surface area contributed by atoms with Crippen LogP contribution in [0.15, 0.2) is 188 Å². The highest BCUT2D eigenvalue weighted by molar-refractivity contribution is 6.14. The molecule has 3 heterocycles. The fraction of sp³-hybridized carbons (Fsp3) is 0.0526. The van der Waals surface area contributed by atoms with Crippen molar-refractivity contribution in [3.63, 3.8) is 0 Å². The van der Waals surface area contributed by atoms with Crippen LogP contribution in [0.5, 0.6) is 5.75 Å². The van der Waals surface area contributed by atoms with E-state index in [4.69, 9.17) is 9.15 Å². The van der Waals surface area contributed by atoms with Crippen LogP contribution in [0.4, 0.5) is 0 Å². The third kappa shape index (κ3) is 5.89. The number of aryl methyl sites for hydroxylation is 1. The van der Waals surface area contributed by atoms with Crippen LogP contribution in [-0.4, -0.2) is 11.2 Å². The number of allylic oxidation sites excluding steroid dienone is 5. The smallest absolute Gasteiger partial charge is 0.142 e. The summed E-state index contributed by atoms with van der Waals surface area (Å²) in [6.07, 6.45) is 14.1. The molecule has 2 aromatic heterocycles. The molecule has 288 valence electrons. The molecule has 0 aliphatic carbocycles.